The Morgan fingerprint density at radius 2 is 2.29 bits per heavy atom. The van der Waals surface area contributed by atoms with Crippen LogP contribution in [0, 0.1) is 13.8 Å². The summed E-state index contributed by atoms with van der Waals surface area (Å²) >= 11 is 1.74. The van der Waals surface area contributed by atoms with Gasteiger partial charge in [0.05, 0.1) is 29.6 Å². The number of imidazole rings is 2. The summed E-state index contributed by atoms with van der Waals surface area (Å²) in [6, 6.07) is 0.448. The molecule has 2 unspecified atom stereocenters. The third kappa shape index (κ3) is 2.87. The van der Waals surface area contributed by atoms with Gasteiger partial charge >= 0.3 is 0 Å². The van der Waals surface area contributed by atoms with Crippen molar-refractivity contribution in [3.8, 4) is 0 Å². The summed E-state index contributed by atoms with van der Waals surface area (Å²) in [4.78, 5) is 11.3. The first-order valence-electron chi connectivity index (χ1n) is 8.37. The molecular formula is C17H23N5OS. The summed E-state index contributed by atoms with van der Waals surface area (Å²) < 4.78 is 10.2. The lowest BCUT2D eigenvalue weighted by molar-refractivity contribution is -0.00410. The Morgan fingerprint density at radius 3 is 3.08 bits per heavy atom. The molecule has 24 heavy (non-hydrogen) atoms. The number of rotatable bonds is 4. The van der Waals surface area contributed by atoms with Crippen LogP contribution < -0.4 is 5.32 Å². The molecule has 1 aliphatic heterocycles. The van der Waals surface area contributed by atoms with E-state index < -0.39 is 0 Å². The third-order valence-corrected chi connectivity index (χ3v) is 5.66. The summed E-state index contributed by atoms with van der Waals surface area (Å²) in [5, 5.41) is 3.71. The fourth-order valence-electron chi connectivity index (χ4n) is 3.43. The number of thiazole rings is 1. The maximum Gasteiger partial charge on any atom is 0.194 e. The monoisotopic (exact) mass is 345 g/mol. The summed E-state index contributed by atoms with van der Waals surface area (Å²) in [6.07, 6.45) is 8.06. The van der Waals surface area contributed by atoms with E-state index in [1.807, 2.05) is 24.1 Å². The Labute approximate surface area is 145 Å². The molecule has 1 saturated heterocycles. The number of aryl methyl sites for hydroxylation is 3. The van der Waals surface area contributed by atoms with Crippen molar-refractivity contribution in [3.05, 3.63) is 40.7 Å². The molecule has 4 rings (SSSR count). The lowest BCUT2D eigenvalue weighted by Gasteiger charge is -2.30. The lowest BCUT2D eigenvalue weighted by atomic mass is 10.0. The SMILES string of the molecule is Cc1cn2c(CNC3CCOC(c4cncn4C)C3)c(C)nc2s1. The molecule has 3 aromatic heterocycles. The first-order chi connectivity index (χ1) is 11.6. The Kier molecular flexibility index (Phi) is 4.15. The Morgan fingerprint density at radius 1 is 1.42 bits per heavy atom. The van der Waals surface area contributed by atoms with E-state index in [1.165, 1.54) is 10.6 Å². The van der Waals surface area contributed by atoms with Gasteiger partial charge in [-0.15, -0.1) is 11.3 Å². The van der Waals surface area contributed by atoms with Crippen molar-refractivity contribution in [3.63, 3.8) is 0 Å². The standard InChI is InChI=1S/C17H23N5OS/c1-11-9-22-14(12(2)20-17(22)24-11)8-19-13-4-5-23-16(6-13)15-7-18-10-21(15)3/h7,9-10,13,16,19H,4-6,8H2,1-3H3. The van der Waals surface area contributed by atoms with E-state index in [4.69, 9.17) is 4.74 Å². The molecule has 7 heteroatoms. The van der Waals surface area contributed by atoms with Gasteiger partial charge in [0.15, 0.2) is 4.96 Å². The minimum atomic E-state index is 0.124. The van der Waals surface area contributed by atoms with Crippen LogP contribution in [0.1, 0.15) is 40.9 Å². The van der Waals surface area contributed by atoms with E-state index >= 15 is 0 Å². The second-order valence-electron chi connectivity index (χ2n) is 6.53. The summed E-state index contributed by atoms with van der Waals surface area (Å²) in [7, 11) is 2.02. The molecule has 6 nitrogen and oxygen atoms in total. The topological polar surface area (TPSA) is 56.4 Å². The number of hydrogen-bond donors (Lipinski definition) is 1. The Balaban J connectivity index is 1.45. The molecule has 3 aromatic rings. The van der Waals surface area contributed by atoms with Gasteiger partial charge in [0, 0.05) is 37.3 Å². The van der Waals surface area contributed by atoms with Crippen LogP contribution in [-0.4, -0.2) is 31.6 Å². The van der Waals surface area contributed by atoms with Crippen LogP contribution in [0.25, 0.3) is 4.96 Å². The highest BCUT2D eigenvalue weighted by Crippen LogP contribution is 2.28. The quantitative estimate of drug-likeness (QED) is 0.790. The molecule has 0 radical (unpaired) electrons. The van der Waals surface area contributed by atoms with Crippen molar-refractivity contribution >= 4 is 16.3 Å². The highest BCUT2D eigenvalue weighted by atomic mass is 32.1. The minimum absolute atomic E-state index is 0.124. The zero-order chi connectivity index (χ0) is 16.7. The zero-order valence-electron chi connectivity index (χ0n) is 14.3. The van der Waals surface area contributed by atoms with Crippen molar-refractivity contribution in [1.29, 1.82) is 0 Å². The van der Waals surface area contributed by atoms with Gasteiger partial charge in [0.2, 0.25) is 0 Å². The minimum Gasteiger partial charge on any atom is -0.372 e. The van der Waals surface area contributed by atoms with E-state index in [0.29, 0.717) is 6.04 Å². The van der Waals surface area contributed by atoms with E-state index in [9.17, 15) is 0 Å². The van der Waals surface area contributed by atoms with Crippen molar-refractivity contribution in [2.45, 2.75) is 45.4 Å². The van der Waals surface area contributed by atoms with E-state index in [-0.39, 0.29) is 6.10 Å². The van der Waals surface area contributed by atoms with Crippen LogP contribution >= 0.6 is 11.3 Å². The van der Waals surface area contributed by atoms with Crippen LogP contribution in [0.5, 0.6) is 0 Å². The van der Waals surface area contributed by atoms with Gasteiger partial charge in [-0.25, -0.2) is 9.97 Å². The van der Waals surface area contributed by atoms with Crippen LogP contribution in [0.2, 0.25) is 0 Å². The third-order valence-electron chi connectivity index (χ3n) is 4.77. The molecule has 128 valence electrons. The van der Waals surface area contributed by atoms with Crippen molar-refractivity contribution in [1.82, 2.24) is 24.3 Å². The zero-order valence-corrected chi connectivity index (χ0v) is 15.1. The average Bonchev–Trinajstić information content (AvgIpc) is 3.20. The van der Waals surface area contributed by atoms with Crippen LogP contribution in [-0.2, 0) is 18.3 Å². The second kappa shape index (κ2) is 6.31. The maximum absolute atomic E-state index is 5.95. The highest BCUT2D eigenvalue weighted by molar-refractivity contribution is 7.17. The molecule has 0 amide bonds. The van der Waals surface area contributed by atoms with Crippen LogP contribution in [0.3, 0.4) is 0 Å². The highest BCUT2D eigenvalue weighted by Gasteiger charge is 2.26. The van der Waals surface area contributed by atoms with E-state index in [2.05, 4.69) is 39.7 Å². The predicted molar refractivity (Wildman–Crippen MR) is 94.3 cm³/mol. The molecule has 4 heterocycles. The van der Waals surface area contributed by atoms with Crippen molar-refractivity contribution in [2.24, 2.45) is 7.05 Å². The maximum atomic E-state index is 5.95. The van der Waals surface area contributed by atoms with Gasteiger partial charge in [-0.3, -0.25) is 4.40 Å². The normalized spacial score (nSPS) is 21.6. The molecule has 1 aliphatic rings. The number of hydrogen-bond acceptors (Lipinski definition) is 5. The lowest BCUT2D eigenvalue weighted by Crippen LogP contribution is -2.36. The number of ether oxygens (including phenoxy) is 1. The van der Waals surface area contributed by atoms with Gasteiger partial charge in [-0.2, -0.15) is 0 Å². The summed E-state index contributed by atoms with van der Waals surface area (Å²) in [5.74, 6) is 0. The Hall–Kier alpha value is -1.70. The molecular weight excluding hydrogens is 322 g/mol. The predicted octanol–water partition coefficient (Wildman–Crippen LogP) is 2.76. The molecule has 1 N–H and O–H groups in total. The molecule has 2 atom stereocenters. The number of nitrogens with one attached hydrogen (secondary N) is 1. The van der Waals surface area contributed by atoms with Crippen molar-refractivity contribution in [2.75, 3.05) is 6.61 Å². The summed E-state index contributed by atoms with van der Waals surface area (Å²) in [5.41, 5.74) is 3.53. The van der Waals surface area contributed by atoms with Gasteiger partial charge < -0.3 is 14.6 Å². The number of fused-ring (bicyclic) bond motifs is 1. The molecule has 0 aliphatic carbocycles. The van der Waals surface area contributed by atoms with Gasteiger partial charge in [0.1, 0.15) is 6.10 Å². The Bertz CT molecular complexity index is 849. The molecule has 0 spiro atoms. The molecule has 0 aromatic carbocycles. The van der Waals surface area contributed by atoms with Gasteiger partial charge in [-0.1, -0.05) is 0 Å². The van der Waals surface area contributed by atoms with Crippen LogP contribution in [0.4, 0.5) is 0 Å². The second-order valence-corrected chi connectivity index (χ2v) is 7.74. The molecule has 1 fully saturated rings. The number of nitrogens with zero attached hydrogens (tertiary/aromatic N) is 4. The largest absolute Gasteiger partial charge is 0.372 e. The fraction of sp³-hybridized carbons (Fsp3) is 0.529. The van der Waals surface area contributed by atoms with E-state index in [1.54, 1.807) is 11.3 Å². The van der Waals surface area contributed by atoms with E-state index in [0.717, 1.165) is 42.3 Å². The summed E-state index contributed by atoms with van der Waals surface area (Å²) in [6.45, 7) is 5.84. The molecule has 0 saturated carbocycles. The van der Waals surface area contributed by atoms with Crippen molar-refractivity contribution < 1.29 is 4.74 Å². The number of aromatic nitrogens is 4. The van der Waals surface area contributed by atoms with Gasteiger partial charge in [0.25, 0.3) is 0 Å². The first-order valence-corrected chi connectivity index (χ1v) is 9.18. The smallest absolute Gasteiger partial charge is 0.194 e. The fourth-order valence-corrected chi connectivity index (χ4v) is 4.32. The molecule has 0 bridgehead atoms. The van der Waals surface area contributed by atoms with Crippen LogP contribution in [0.15, 0.2) is 18.7 Å². The average molecular weight is 345 g/mol. The first kappa shape index (κ1) is 15.8. The van der Waals surface area contributed by atoms with Gasteiger partial charge in [-0.05, 0) is 26.7 Å².